The molecule has 0 saturated heterocycles. The maximum absolute atomic E-state index is 11.6. The predicted molar refractivity (Wildman–Crippen MR) is 74.1 cm³/mol. The van der Waals surface area contributed by atoms with E-state index in [1.807, 2.05) is 0 Å². The molecule has 1 aromatic carbocycles. The minimum atomic E-state index is -0.754. The Morgan fingerprint density at radius 1 is 1.37 bits per heavy atom. The first-order chi connectivity index (χ1) is 8.95. The molecule has 2 amide bonds. The van der Waals surface area contributed by atoms with Gasteiger partial charge in [0.1, 0.15) is 0 Å². The van der Waals surface area contributed by atoms with Crippen LogP contribution in [0, 0.1) is 12.8 Å². The Kier molecular flexibility index (Phi) is 5.79. The monoisotopic (exact) mass is 284 g/mol. The molecule has 1 atom stereocenters. The van der Waals surface area contributed by atoms with Crippen LogP contribution in [0.25, 0.3) is 0 Å². The highest BCUT2D eigenvalue weighted by atomic mass is 35.5. The molecule has 3 N–H and O–H groups in total. The zero-order chi connectivity index (χ0) is 14.4. The third-order valence-corrected chi connectivity index (χ3v) is 3.05. The molecule has 1 rings (SSSR count). The minimum absolute atomic E-state index is 0.0463. The first-order valence-corrected chi connectivity index (χ1v) is 6.28. The van der Waals surface area contributed by atoms with Crippen LogP contribution in [0.3, 0.4) is 0 Å². The van der Waals surface area contributed by atoms with E-state index in [0.29, 0.717) is 16.3 Å². The molecule has 19 heavy (non-hydrogen) atoms. The first kappa shape index (κ1) is 15.5. The molecule has 0 spiro atoms. The summed E-state index contributed by atoms with van der Waals surface area (Å²) in [6, 6.07) is 5.06. The molecule has 0 aliphatic rings. The Morgan fingerprint density at radius 3 is 2.68 bits per heavy atom. The van der Waals surface area contributed by atoms with Crippen molar-refractivity contribution in [2.75, 3.05) is 18.5 Å². The normalized spacial score (nSPS) is 11.8. The van der Waals surface area contributed by atoms with E-state index in [-0.39, 0.29) is 19.1 Å². The van der Waals surface area contributed by atoms with Crippen LogP contribution in [0.4, 0.5) is 5.69 Å². The summed E-state index contributed by atoms with van der Waals surface area (Å²) in [7, 11) is 0. The number of hydrogen-bond donors (Lipinski definition) is 3. The topological polar surface area (TPSA) is 78.4 Å². The minimum Gasteiger partial charge on any atom is -0.396 e. The van der Waals surface area contributed by atoms with Crippen molar-refractivity contribution in [3.63, 3.8) is 0 Å². The molecule has 1 unspecified atom stereocenters. The lowest BCUT2D eigenvalue weighted by Gasteiger charge is -2.11. The molecule has 0 bridgehead atoms. The van der Waals surface area contributed by atoms with Crippen LogP contribution in [-0.2, 0) is 9.59 Å². The van der Waals surface area contributed by atoms with E-state index >= 15 is 0 Å². The number of halogens is 1. The van der Waals surface area contributed by atoms with Gasteiger partial charge in [0, 0.05) is 23.9 Å². The number of anilines is 1. The standard InChI is InChI=1S/C13H17ClN2O3/c1-8(7-17)6-15-12(18)13(19)16-11-5-3-4-10(14)9(11)2/h3-5,8,17H,6-7H2,1-2H3,(H,15,18)(H,16,19). The Bertz CT molecular complexity index is 477. The summed E-state index contributed by atoms with van der Waals surface area (Å²) in [5.41, 5.74) is 1.21. The summed E-state index contributed by atoms with van der Waals surface area (Å²) in [6.07, 6.45) is 0. The molecule has 5 nitrogen and oxygen atoms in total. The molecule has 0 saturated carbocycles. The zero-order valence-electron chi connectivity index (χ0n) is 10.9. The number of carbonyl (C=O) groups excluding carboxylic acids is 2. The van der Waals surface area contributed by atoms with E-state index in [1.165, 1.54) is 0 Å². The summed E-state index contributed by atoms with van der Waals surface area (Å²) in [4.78, 5) is 23.2. The van der Waals surface area contributed by atoms with Gasteiger partial charge in [0.15, 0.2) is 0 Å². The van der Waals surface area contributed by atoms with E-state index in [9.17, 15) is 9.59 Å². The number of benzene rings is 1. The lowest BCUT2D eigenvalue weighted by atomic mass is 10.2. The Labute approximate surface area is 117 Å². The number of nitrogens with one attached hydrogen (secondary N) is 2. The van der Waals surface area contributed by atoms with Gasteiger partial charge in [-0.05, 0) is 30.5 Å². The van der Waals surface area contributed by atoms with Crippen molar-refractivity contribution >= 4 is 29.1 Å². The van der Waals surface area contributed by atoms with Gasteiger partial charge in [-0.3, -0.25) is 9.59 Å². The number of amides is 2. The molecule has 104 valence electrons. The number of carbonyl (C=O) groups is 2. The zero-order valence-corrected chi connectivity index (χ0v) is 11.6. The average Bonchev–Trinajstić information content (AvgIpc) is 2.40. The third kappa shape index (κ3) is 4.54. The SMILES string of the molecule is Cc1c(Cl)cccc1NC(=O)C(=O)NCC(C)CO. The van der Waals surface area contributed by atoms with Crippen LogP contribution in [-0.4, -0.2) is 30.1 Å². The molecule has 0 heterocycles. The lowest BCUT2D eigenvalue weighted by molar-refractivity contribution is -0.136. The molecule has 0 radical (unpaired) electrons. The molecular weight excluding hydrogens is 268 g/mol. The summed E-state index contributed by atoms with van der Waals surface area (Å²) in [5.74, 6) is -1.58. The summed E-state index contributed by atoms with van der Waals surface area (Å²) >= 11 is 5.92. The first-order valence-electron chi connectivity index (χ1n) is 5.90. The second kappa shape index (κ2) is 7.11. The van der Waals surface area contributed by atoms with Crippen molar-refractivity contribution in [1.29, 1.82) is 0 Å². The van der Waals surface area contributed by atoms with Gasteiger partial charge in [0.2, 0.25) is 0 Å². The quantitative estimate of drug-likeness (QED) is 0.730. The van der Waals surface area contributed by atoms with E-state index in [4.69, 9.17) is 16.7 Å². The smallest absolute Gasteiger partial charge is 0.313 e. The molecule has 0 aromatic heterocycles. The van der Waals surface area contributed by atoms with Crippen LogP contribution >= 0.6 is 11.6 Å². The molecule has 1 aromatic rings. The largest absolute Gasteiger partial charge is 0.396 e. The number of aliphatic hydroxyl groups is 1. The second-order valence-electron chi connectivity index (χ2n) is 4.36. The van der Waals surface area contributed by atoms with Crippen molar-refractivity contribution in [3.05, 3.63) is 28.8 Å². The third-order valence-electron chi connectivity index (χ3n) is 2.64. The average molecular weight is 285 g/mol. The second-order valence-corrected chi connectivity index (χ2v) is 4.77. The van der Waals surface area contributed by atoms with E-state index in [2.05, 4.69) is 10.6 Å². The Balaban J connectivity index is 2.59. The summed E-state index contributed by atoms with van der Waals surface area (Å²) in [6.45, 7) is 3.72. The van der Waals surface area contributed by atoms with Crippen molar-refractivity contribution in [3.8, 4) is 0 Å². The van der Waals surface area contributed by atoms with Crippen molar-refractivity contribution in [1.82, 2.24) is 5.32 Å². The highest BCUT2D eigenvalue weighted by Crippen LogP contribution is 2.22. The van der Waals surface area contributed by atoms with Gasteiger partial charge in [-0.2, -0.15) is 0 Å². The fourth-order valence-electron chi connectivity index (χ4n) is 1.33. The summed E-state index contributed by atoms with van der Waals surface area (Å²) < 4.78 is 0. The van der Waals surface area contributed by atoms with Crippen LogP contribution in [0.5, 0.6) is 0 Å². The van der Waals surface area contributed by atoms with Crippen LogP contribution < -0.4 is 10.6 Å². The number of hydrogen-bond acceptors (Lipinski definition) is 3. The van der Waals surface area contributed by atoms with E-state index in [0.717, 1.165) is 0 Å². The number of rotatable bonds is 4. The van der Waals surface area contributed by atoms with E-state index in [1.54, 1.807) is 32.0 Å². The van der Waals surface area contributed by atoms with Gasteiger partial charge < -0.3 is 15.7 Å². The fraction of sp³-hybridized carbons (Fsp3) is 0.385. The Morgan fingerprint density at radius 2 is 2.05 bits per heavy atom. The molecule has 0 aliphatic heterocycles. The molecular formula is C13H17ClN2O3. The van der Waals surface area contributed by atoms with Gasteiger partial charge in [0.25, 0.3) is 0 Å². The van der Waals surface area contributed by atoms with E-state index < -0.39 is 11.8 Å². The van der Waals surface area contributed by atoms with Gasteiger partial charge in [-0.25, -0.2) is 0 Å². The maximum Gasteiger partial charge on any atom is 0.313 e. The summed E-state index contributed by atoms with van der Waals surface area (Å²) in [5, 5.41) is 14.3. The lowest BCUT2D eigenvalue weighted by Crippen LogP contribution is -2.38. The fourth-order valence-corrected chi connectivity index (χ4v) is 1.51. The van der Waals surface area contributed by atoms with Crippen LogP contribution in [0.15, 0.2) is 18.2 Å². The molecule has 0 fully saturated rings. The highest BCUT2D eigenvalue weighted by Gasteiger charge is 2.15. The number of aliphatic hydroxyl groups excluding tert-OH is 1. The highest BCUT2D eigenvalue weighted by molar-refractivity contribution is 6.40. The van der Waals surface area contributed by atoms with Crippen molar-refractivity contribution in [2.45, 2.75) is 13.8 Å². The van der Waals surface area contributed by atoms with Gasteiger partial charge in [-0.1, -0.05) is 24.6 Å². The van der Waals surface area contributed by atoms with Crippen molar-refractivity contribution in [2.24, 2.45) is 5.92 Å². The van der Waals surface area contributed by atoms with Gasteiger partial charge in [-0.15, -0.1) is 0 Å². The molecule has 6 heteroatoms. The van der Waals surface area contributed by atoms with Crippen LogP contribution in [0.2, 0.25) is 5.02 Å². The molecule has 0 aliphatic carbocycles. The van der Waals surface area contributed by atoms with Gasteiger partial charge >= 0.3 is 11.8 Å². The Hall–Kier alpha value is -1.59. The van der Waals surface area contributed by atoms with Crippen molar-refractivity contribution < 1.29 is 14.7 Å². The van der Waals surface area contributed by atoms with Crippen LogP contribution in [0.1, 0.15) is 12.5 Å². The maximum atomic E-state index is 11.6. The predicted octanol–water partition coefficient (Wildman–Crippen LogP) is 1.33. The van der Waals surface area contributed by atoms with Gasteiger partial charge in [0.05, 0.1) is 0 Å².